The molecule has 4 heteroatoms. The number of benzene rings is 2. The minimum Gasteiger partial charge on any atom is -0.338 e. The van der Waals surface area contributed by atoms with E-state index in [4.69, 9.17) is 0 Å². The molecule has 0 bridgehead atoms. The Labute approximate surface area is 190 Å². The van der Waals surface area contributed by atoms with Crippen LogP contribution in [0.3, 0.4) is 0 Å². The van der Waals surface area contributed by atoms with Gasteiger partial charge in [0.15, 0.2) is 0 Å². The SMILES string of the molecule is O=C(CC1=C2CCCCC2N(Cc2ccccc2)C1=O)N1CC=C(c2ccccc2)CC1. The quantitative estimate of drug-likeness (QED) is 0.677. The summed E-state index contributed by atoms with van der Waals surface area (Å²) in [5.41, 5.74) is 5.68. The van der Waals surface area contributed by atoms with E-state index in [1.165, 1.54) is 16.7 Å². The van der Waals surface area contributed by atoms with Gasteiger partial charge in [0.05, 0.1) is 12.5 Å². The van der Waals surface area contributed by atoms with Crippen molar-refractivity contribution in [2.24, 2.45) is 0 Å². The van der Waals surface area contributed by atoms with Crippen LogP contribution in [0.4, 0.5) is 0 Å². The Balaban J connectivity index is 1.29. The predicted molar refractivity (Wildman–Crippen MR) is 127 cm³/mol. The number of carbonyl (C=O) groups is 2. The first kappa shape index (κ1) is 20.7. The van der Waals surface area contributed by atoms with E-state index >= 15 is 0 Å². The standard InChI is InChI=1S/C28H30N2O2/c31-27(29-17-15-23(16-18-29)22-11-5-2-6-12-22)19-25-24-13-7-8-14-26(24)30(28(25)32)20-21-9-3-1-4-10-21/h1-6,9-12,15,26H,7-8,13-14,16-20H2. The zero-order chi connectivity index (χ0) is 21.9. The first-order valence-corrected chi connectivity index (χ1v) is 11.8. The molecule has 5 rings (SSSR count). The third-order valence-electron chi connectivity index (χ3n) is 7.09. The molecule has 1 unspecified atom stereocenters. The van der Waals surface area contributed by atoms with Crippen molar-refractivity contribution in [3.8, 4) is 0 Å². The maximum Gasteiger partial charge on any atom is 0.251 e. The van der Waals surface area contributed by atoms with Gasteiger partial charge in [-0.05, 0) is 48.0 Å². The number of hydrogen-bond donors (Lipinski definition) is 0. The number of hydrogen-bond acceptors (Lipinski definition) is 2. The van der Waals surface area contributed by atoms with E-state index in [9.17, 15) is 9.59 Å². The molecule has 1 atom stereocenters. The highest BCUT2D eigenvalue weighted by atomic mass is 16.2. The van der Waals surface area contributed by atoms with Crippen LogP contribution in [-0.4, -0.2) is 40.7 Å². The van der Waals surface area contributed by atoms with Gasteiger partial charge in [-0.15, -0.1) is 0 Å². The molecule has 1 aliphatic carbocycles. The fourth-order valence-corrected chi connectivity index (χ4v) is 5.37. The van der Waals surface area contributed by atoms with E-state index in [0.717, 1.165) is 43.2 Å². The molecular weight excluding hydrogens is 396 g/mol. The van der Waals surface area contributed by atoms with Crippen molar-refractivity contribution in [3.05, 3.63) is 89.0 Å². The Hall–Kier alpha value is -3.14. The first-order chi connectivity index (χ1) is 15.7. The van der Waals surface area contributed by atoms with Gasteiger partial charge in [0.2, 0.25) is 5.91 Å². The summed E-state index contributed by atoms with van der Waals surface area (Å²) in [7, 11) is 0. The second-order valence-electron chi connectivity index (χ2n) is 9.05. The fraction of sp³-hybridized carbons (Fsp3) is 0.357. The number of rotatable bonds is 5. The van der Waals surface area contributed by atoms with Crippen LogP contribution in [0.15, 0.2) is 77.9 Å². The van der Waals surface area contributed by atoms with Gasteiger partial charge < -0.3 is 9.80 Å². The van der Waals surface area contributed by atoms with Crippen molar-refractivity contribution in [2.45, 2.75) is 51.1 Å². The molecule has 0 aromatic heterocycles. The molecule has 0 spiro atoms. The van der Waals surface area contributed by atoms with Crippen molar-refractivity contribution >= 4 is 17.4 Å². The van der Waals surface area contributed by atoms with Gasteiger partial charge in [0, 0.05) is 25.2 Å². The highest BCUT2D eigenvalue weighted by Crippen LogP contribution is 2.39. The van der Waals surface area contributed by atoms with Crippen LogP contribution in [0.2, 0.25) is 0 Å². The molecular formula is C28H30N2O2. The summed E-state index contributed by atoms with van der Waals surface area (Å²) in [6.07, 6.45) is 7.48. The number of carbonyl (C=O) groups excluding carboxylic acids is 2. The van der Waals surface area contributed by atoms with Crippen LogP contribution in [0.5, 0.6) is 0 Å². The molecule has 1 fully saturated rings. The van der Waals surface area contributed by atoms with E-state index in [-0.39, 0.29) is 24.3 Å². The van der Waals surface area contributed by atoms with Crippen molar-refractivity contribution in [3.63, 3.8) is 0 Å². The van der Waals surface area contributed by atoms with Crippen LogP contribution >= 0.6 is 0 Å². The molecule has 2 heterocycles. The molecule has 2 aliphatic heterocycles. The molecule has 2 amide bonds. The largest absolute Gasteiger partial charge is 0.338 e. The Morgan fingerprint density at radius 1 is 0.938 bits per heavy atom. The zero-order valence-corrected chi connectivity index (χ0v) is 18.5. The third-order valence-corrected chi connectivity index (χ3v) is 7.09. The molecule has 164 valence electrons. The van der Waals surface area contributed by atoms with Crippen molar-refractivity contribution in [1.29, 1.82) is 0 Å². The van der Waals surface area contributed by atoms with Gasteiger partial charge in [-0.25, -0.2) is 0 Å². The highest BCUT2D eigenvalue weighted by molar-refractivity contribution is 6.02. The van der Waals surface area contributed by atoms with E-state index in [1.54, 1.807) is 0 Å². The fourth-order valence-electron chi connectivity index (χ4n) is 5.37. The molecule has 2 aromatic carbocycles. The molecule has 0 N–H and O–H groups in total. The average Bonchev–Trinajstić information content (AvgIpc) is 3.11. The smallest absolute Gasteiger partial charge is 0.251 e. The molecule has 4 nitrogen and oxygen atoms in total. The molecule has 2 aromatic rings. The number of fused-ring (bicyclic) bond motifs is 1. The summed E-state index contributed by atoms with van der Waals surface area (Å²) < 4.78 is 0. The lowest BCUT2D eigenvalue weighted by Gasteiger charge is -2.30. The maximum absolute atomic E-state index is 13.4. The van der Waals surface area contributed by atoms with Gasteiger partial charge in [0.1, 0.15) is 0 Å². The number of amides is 2. The molecule has 0 radical (unpaired) electrons. The zero-order valence-electron chi connectivity index (χ0n) is 18.5. The van der Waals surface area contributed by atoms with Crippen LogP contribution in [0.1, 0.15) is 49.7 Å². The Kier molecular flexibility index (Phi) is 5.93. The average molecular weight is 427 g/mol. The normalized spacial score (nSPS) is 20.9. The second-order valence-corrected chi connectivity index (χ2v) is 9.05. The Morgan fingerprint density at radius 3 is 2.41 bits per heavy atom. The molecule has 3 aliphatic rings. The van der Waals surface area contributed by atoms with E-state index < -0.39 is 0 Å². The van der Waals surface area contributed by atoms with Gasteiger partial charge in [0.25, 0.3) is 5.91 Å². The van der Waals surface area contributed by atoms with Crippen molar-refractivity contribution < 1.29 is 9.59 Å². The first-order valence-electron chi connectivity index (χ1n) is 11.8. The van der Waals surface area contributed by atoms with Crippen LogP contribution in [0, 0.1) is 0 Å². The minimum atomic E-state index is 0.0710. The lowest BCUT2D eigenvalue weighted by atomic mass is 9.88. The lowest BCUT2D eigenvalue weighted by molar-refractivity contribution is -0.133. The monoisotopic (exact) mass is 426 g/mol. The maximum atomic E-state index is 13.4. The minimum absolute atomic E-state index is 0.0710. The van der Waals surface area contributed by atoms with E-state index in [1.807, 2.05) is 34.1 Å². The summed E-state index contributed by atoms with van der Waals surface area (Å²) in [6, 6.07) is 20.7. The lowest BCUT2D eigenvalue weighted by Crippen LogP contribution is -2.37. The van der Waals surface area contributed by atoms with Crippen LogP contribution in [-0.2, 0) is 16.1 Å². The van der Waals surface area contributed by atoms with Gasteiger partial charge in [-0.3, -0.25) is 9.59 Å². The highest BCUT2D eigenvalue weighted by Gasteiger charge is 2.40. The summed E-state index contributed by atoms with van der Waals surface area (Å²) in [6.45, 7) is 1.96. The van der Waals surface area contributed by atoms with Gasteiger partial charge >= 0.3 is 0 Å². The second kappa shape index (κ2) is 9.15. The van der Waals surface area contributed by atoms with E-state index in [0.29, 0.717) is 19.6 Å². The molecule has 0 saturated heterocycles. The van der Waals surface area contributed by atoms with Crippen LogP contribution in [0.25, 0.3) is 5.57 Å². The van der Waals surface area contributed by atoms with E-state index in [2.05, 4.69) is 42.5 Å². The topological polar surface area (TPSA) is 40.6 Å². The summed E-state index contributed by atoms with van der Waals surface area (Å²) >= 11 is 0. The summed E-state index contributed by atoms with van der Waals surface area (Å²) in [5.74, 6) is 0.150. The number of nitrogens with zero attached hydrogens (tertiary/aromatic N) is 2. The Morgan fingerprint density at radius 2 is 1.69 bits per heavy atom. The van der Waals surface area contributed by atoms with Gasteiger partial charge in [-0.1, -0.05) is 73.2 Å². The third kappa shape index (κ3) is 4.14. The molecule has 32 heavy (non-hydrogen) atoms. The predicted octanol–water partition coefficient (Wildman–Crippen LogP) is 4.97. The van der Waals surface area contributed by atoms with Crippen LogP contribution < -0.4 is 0 Å². The summed E-state index contributed by atoms with van der Waals surface area (Å²) in [4.78, 5) is 30.5. The summed E-state index contributed by atoms with van der Waals surface area (Å²) in [5, 5.41) is 0. The van der Waals surface area contributed by atoms with Gasteiger partial charge in [-0.2, -0.15) is 0 Å². The molecule has 1 saturated carbocycles. The Bertz CT molecular complexity index is 1060. The van der Waals surface area contributed by atoms with Crippen molar-refractivity contribution in [1.82, 2.24) is 9.80 Å². The van der Waals surface area contributed by atoms with Crippen molar-refractivity contribution in [2.75, 3.05) is 13.1 Å².